The average molecular weight is 240 g/mol. The van der Waals surface area contributed by atoms with Gasteiger partial charge in [0.15, 0.2) is 6.61 Å². The van der Waals surface area contributed by atoms with Crippen molar-refractivity contribution in [1.82, 2.24) is 10.8 Å². The number of carbonyl (C=O) groups excluding carboxylic acids is 1. The Morgan fingerprint density at radius 1 is 1.50 bits per heavy atom. The van der Waals surface area contributed by atoms with E-state index in [1.165, 1.54) is 0 Å². The van der Waals surface area contributed by atoms with E-state index in [4.69, 9.17) is 0 Å². The molecule has 7 heteroatoms. The first-order chi connectivity index (χ1) is 7.47. The Morgan fingerprint density at radius 3 is 2.81 bits per heavy atom. The van der Waals surface area contributed by atoms with E-state index in [0.29, 0.717) is 0 Å². The van der Waals surface area contributed by atoms with Gasteiger partial charge in [0.2, 0.25) is 5.91 Å². The van der Waals surface area contributed by atoms with E-state index >= 15 is 0 Å². The first-order valence-corrected chi connectivity index (χ1v) is 5.15. The molecular formula is C9H15F3N2O2. The van der Waals surface area contributed by atoms with E-state index in [2.05, 4.69) is 10.2 Å². The molecule has 0 radical (unpaired) electrons. The summed E-state index contributed by atoms with van der Waals surface area (Å²) in [6, 6.07) is 0. The maximum absolute atomic E-state index is 11.7. The van der Waals surface area contributed by atoms with Crippen molar-refractivity contribution in [2.75, 3.05) is 19.7 Å². The second-order valence-electron chi connectivity index (χ2n) is 3.85. The van der Waals surface area contributed by atoms with Crippen molar-refractivity contribution in [1.29, 1.82) is 0 Å². The van der Waals surface area contributed by atoms with Gasteiger partial charge in [0.25, 0.3) is 0 Å². The Kier molecular flexibility index (Phi) is 5.01. The summed E-state index contributed by atoms with van der Waals surface area (Å²) in [5, 5.41) is 3.12. The first kappa shape index (κ1) is 13.2. The minimum atomic E-state index is -4.42. The summed E-state index contributed by atoms with van der Waals surface area (Å²) in [7, 11) is 0. The molecule has 2 N–H and O–H groups in total. The molecule has 1 heterocycles. The van der Waals surface area contributed by atoms with Gasteiger partial charge < -0.3 is 5.32 Å². The Morgan fingerprint density at radius 2 is 2.25 bits per heavy atom. The summed E-state index contributed by atoms with van der Waals surface area (Å²) in [5.41, 5.74) is 1.80. The first-order valence-electron chi connectivity index (χ1n) is 5.15. The van der Waals surface area contributed by atoms with Crippen LogP contribution in [0.15, 0.2) is 0 Å². The number of hydroxylamine groups is 1. The van der Waals surface area contributed by atoms with Crippen molar-refractivity contribution in [3.63, 3.8) is 0 Å². The van der Waals surface area contributed by atoms with Gasteiger partial charge in [0.1, 0.15) is 0 Å². The SMILES string of the molecule is O=C(CC1CCCNC1)NOCC(F)(F)F. The van der Waals surface area contributed by atoms with Gasteiger partial charge in [0.05, 0.1) is 0 Å². The van der Waals surface area contributed by atoms with Crippen LogP contribution in [0.2, 0.25) is 0 Å². The highest BCUT2D eigenvalue weighted by Gasteiger charge is 2.28. The molecule has 0 aliphatic carbocycles. The smallest absolute Gasteiger partial charge is 0.316 e. The zero-order chi connectivity index (χ0) is 12.0. The molecule has 4 nitrogen and oxygen atoms in total. The Hall–Kier alpha value is -0.820. The van der Waals surface area contributed by atoms with Crippen molar-refractivity contribution in [2.45, 2.75) is 25.4 Å². The number of carbonyl (C=O) groups is 1. The van der Waals surface area contributed by atoms with Gasteiger partial charge in [-0.05, 0) is 31.8 Å². The van der Waals surface area contributed by atoms with Gasteiger partial charge in [-0.25, -0.2) is 5.48 Å². The number of rotatable bonds is 4. The van der Waals surface area contributed by atoms with Crippen LogP contribution < -0.4 is 10.8 Å². The number of nitrogens with one attached hydrogen (secondary N) is 2. The molecule has 1 aliphatic heterocycles. The van der Waals surface area contributed by atoms with Crippen LogP contribution in [0.3, 0.4) is 0 Å². The topological polar surface area (TPSA) is 50.4 Å². The molecule has 16 heavy (non-hydrogen) atoms. The molecule has 0 bridgehead atoms. The van der Waals surface area contributed by atoms with Crippen LogP contribution in [-0.2, 0) is 9.63 Å². The van der Waals surface area contributed by atoms with Gasteiger partial charge in [-0.1, -0.05) is 0 Å². The van der Waals surface area contributed by atoms with Gasteiger partial charge in [-0.2, -0.15) is 13.2 Å². The molecule has 0 spiro atoms. The summed E-state index contributed by atoms with van der Waals surface area (Å²) >= 11 is 0. The number of piperidine rings is 1. The lowest BCUT2D eigenvalue weighted by Gasteiger charge is -2.21. The molecule has 0 aromatic rings. The summed E-state index contributed by atoms with van der Waals surface area (Å²) in [6.45, 7) is 0.205. The third-order valence-corrected chi connectivity index (χ3v) is 2.29. The average Bonchev–Trinajstić information content (AvgIpc) is 2.17. The van der Waals surface area contributed by atoms with Crippen molar-refractivity contribution < 1.29 is 22.8 Å². The second kappa shape index (κ2) is 6.05. The van der Waals surface area contributed by atoms with Crippen molar-refractivity contribution in [2.24, 2.45) is 5.92 Å². The lowest BCUT2D eigenvalue weighted by molar-refractivity contribution is -0.192. The van der Waals surface area contributed by atoms with Crippen molar-refractivity contribution in [3.8, 4) is 0 Å². The Labute approximate surface area is 91.5 Å². The summed E-state index contributed by atoms with van der Waals surface area (Å²) in [5.74, 6) is -0.318. The van der Waals surface area contributed by atoms with Gasteiger partial charge in [-0.15, -0.1) is 0 Å². The van der Waals surface area contributed by atoms with Crippen LogP contribution in [-0.4, -0.2) is 31.8 Å². The maximum Gasteiger partial charge on any atom is 0.414 e. The van der Waals surface area contributed by atoms with E-state index in [0.717, 1.165) is 25.9 Å². The molecule has 0 aromatic carbocycles. The van der Waals surface area contributed by atoms with Crippen molar-refractivity contribution in [3.05, 3.63) is 0 Å². The summed E-state index contributed by atoms with van der Waals surface area (Å²) < 4.78 is 35.0. The zero-order valence-corrected chi connectivity index (χ0v) is 8.77. The van der Waals surface area contributed by atoms with Gasteiger partial charge in [-0.3, -0.25) is 9.63 Å². The molecular weight excluding hydrogens is 225 g/mol. The molecule has 1 fully saturated rings. The van der Waals surface area contributed by atoms with E-state index in [-0.39, 0.29) is 12.3 Å². The highest BCUT2D eigenvalue weighted by Crippen LogP contribution is 2.15. The Bertz CT molecular complexity index is 227. The van der Waals surface area contributed by atoms with Gasteiger partial charge in [0, 0.05) is 6.42 Å². The molecule has 0 aromatic heterocycles. The monoisotopic (exact) mass is 240 g/mol. The largest absolute Gasteiger partial charge is 0.414 e. The normalized spacial score (nSPS) is 21.8. The third kappa shape index (κ3) is 5.92. The fraction of sp³-hybridized carbons (Fsp3) is 0.889. The molecule has 1 saturated heterocycles. The predicted molar refractivity (Wildman–Crippen MR) is 50.4 cm³/mol. The molecule has 94 valence electrons. The molecule has 1 rings (SSSR count). The number of hydrogen-bond acceptors (Lipinski definition) is 3. The van der Waals surface area contributed by atoms with E-state index < -0.39 is 18.7 Å². The molecule has 1 aliphatic rings. The van der Waals surface area contributed by atoms with E-state index in [1.54, 1.807) is 5.48 Å². The van der Waals surface area contributed by atoms with Crippen LogP contribution in [0.1, 0.15) is 19.3 Å². The number of alkyl halides is 3. The predicted octanol–water partition coefficient (Wildman–Crippen LogP) is 0.986. The number of amides is 1. The molecule has 0 saturated carbocycles. The minimum absolute atomic E-state index is 0.184. The fourth-order valence-electron chi connectivity index (χ4n) is 1.60. The minimum Gasteiger partial charge on any atom is -0.316 e. The van der Waals surface area contributed by atoms with E-state index in [9.17, 15) is 18.0 Å². The van der Waals surface area contributed by atoms with Crippen LogP contribution in [0.5, 0.6) is 0 Å². The quantitative estimate of drug-likeness (QED) is 0.720. The molecule has 1 atom stereocenters. The van der Waals surface area contributed by atoms with Crippen LogP contribution in [0.25, 0.3) is 0 Å². The lowest BCUT2D eigenvalue weighted by atomic mass is 9.96. The Balaban J connectivity index is 2.10. The highest BCUT2D eigenvalue weighted by atomic mass is 19.4. The summed E-state index contributed by atoms with van der Waals surface area (Å²) in [4.78, 5) is 15.2. The van der Waals surface area contributed by atoms with Crippen LogP contribution in [0, 0.1) is 5.92 Å². The lowest BCUT2D eigenvalue weighted by Crippen LogP contribution is -2.35. The number of halogens is 3. The molecule has 1 amide bonds. The number of hydrogen-bond donors (Lipinski definition) is 2. The van der Waals surface area contributed by atoms with Crippen LogP contribution in [0.4, 0.5) is 13.2 Å². The highest BCUT2D eigenvalue weighted by molar-refractivity contribution is 5.75. The van der Waals surface area contributed by atoms with Crippen molar-refractivity contribution >= 4 is 5.91 Å². The summed E-state index contributed by atoms with van der Waals surface area (Å²) in [6.07, 6.45) is -2.31. The maximum atomic E-state index is 11.7. The standard InChI is InChI=1S/C9H15F3N2O2/c10-9(11,12)6-16-14-8(15)4-7-2-1-3-13-5-7/h7,13H,1-6H2,(H,14,15). The van der Waals surface area contributed by atoms with Gasteiger partial charge >= 0.3 is 6.18 Å². The second-order valence-corrected chi connectivity index (χ2v) is 3.85. The van der Waals surface area contributed by atoms with Crippen LogP contribution >= 0.6 is 0 Å². The fourth-order valence-corrected chi connectivity index (χ4v) is 1.60. The van der Waals surface area contributed by atoms with E-state index in [1.807, 2.05) is 0 Å². The molecule has 1 unspecified atom stereocenters. The third-order valence-electron chi connectivity index (χ3n) is 2.29. The zero-order valence-electron chi connectivity index (χ0n) is 8.77.